The number of aromatic amines is 1. The molecule has 0 spiro atoms. The molecule has 120 valence electrons. The molecule has 0 fully saturated rings. The molecule has 1 aromatic heterocycles. The van der Waals surface area contributed by atoms with Crippen LogP contribution in [0.25, 0.3) is 10.9 Å². The smallest absolute Gasteiger partial charge is 0.251 e. The van der Waals surface area contributed by atoms with E-state index >= 15 is 0 Å². The van der Waals surface area contributed by atoms with Gasteiger partial charge in [-0.05, 0) is 41.6 Å². The maximum atomic E-state index is 12.4. The quantitative estimate of drug-likeness (QED) is 0.779. The summed E-state index contributed by atoms with van der Waals surface area (Å²) in [5.74, 6) is -0.332. The molecule has 2 N–H and O–H groups in total. The van der Waals surface area contributed by atoms with Crippen molar-refractivity contribution >= 4 is 28.4 Å². The number of benzene rings is 2. The lowest BCUT2D eigenvalue weighted by Gasteiger charge is -2.17. The summed E-state index contributed by atoms with van der Waals surface area (Å²) in [6, 6.07) is 15.3. The van der Waals surface area contributed by atoms with Crippen LogP contribution < -0.4 is 10.2 Å². The molecule has 1 aliphatic heterocycles. The van der Waals surface area contributed by atoms with Crippen molar-refractivity contribution in [3.63, 3.8) is 0 Å². The van der Waals surface area contributed by atoms with Gasteiger partial charge in [-0.3, -0.25) is 9.59 Å². The Morgan fingerprint density at radius 2 is 2.00 bits per heavy atom. The predicted molar refractivity (Wildman–Crippen MR) is 93.1 cm³/mol. The largest absolute Gasteiger partial charge is 0.361 e. The molecular weight excluding hydrogens is 302 g/mol. The zero-order chi connectivity index (χ0) is 16.5. The molecule has 24 heavy (non-hydrogen) atoms. The van der Waals surface area contributed by atoms with Crippen molar-refractivity contribution in [2.75, 3.05) is 18.0 Å². The number of H-pyrrole nitrogens is 1. The molecule has 0 saturated carbocycles. The van der Waals surface area contributed by atoms with Crippen molar-refractivity contribution in [1.82, 2.24) is 10.3 Å². The molecule has 2 amide bonds. The van der Waals surface area contributed by atoms with E-state index in [1.54, 1.807) is 17.0 Å². The summed E-state index contributed by atoms with van der Waals surface area (Å²) in [5, 5.41) is 3.77. The molecule has 0 atom stereocenters. The fraction of sp³-hybridized carbons (Fsp3) is 0.158. The second-order valence-corrected chi connectivity index (χ2v) is 5.89. The van der Waals surface area contributed by atoms with E-state index in [9.17, 15) is 9.59 Å². The van der Waals surface area contributed by atoms with E-state index in [1.165, 1.54) is 5.56 Å². The third-order valence-corrected chi connectivity index (χ3v) is 4.41. The standard InChI is InChI=1S/C19H17N3O2/c23-18(22-10-8-14-3-1-2-4-17(14)22)12-21-19(24)15-6-5-13-7-9-20-16(13)11-15/h1-7,9,11,20H,8,10,12H2,(H,21,24). The van der Waals surface area contributed by atoms with Crippen molar-refractivity contribution in [3.05, 3.63) is 65.9 Å². The summed E-state index contributed by atoms with van der Waals surface area (Å²) in [5.41, 5.74) is 3.57. The Balaban J connectivity index is 1.43. The van der Waals surface area contributed by atoms with Crippen LogP contribution in [0.3, 0.4) is 0 Å². The highest BCUT2D eigenvalue weighted by atomic mass is 16.2. The molecule has 0 bridgehead atoms. The van der Waals surface area contributed by atoms with Gasteiger partial charge < -0.3 is 15.2 Å². The van der Waals surface area contributed by atoms with E-state index in [0.717, 1.165) is 23.0 Å². The highest BCUT2D eigenvalue weighted by molar-refractivity contribution is 6.02. The molecule has 1 aliphatic rings. The fourth-order valence-corrected chi connectivity index (χ4v) is 3.14. The number of nitrogens with one attached hydrogen (secondary N) is 2. The fourth-order valence-electron chi connectivity index (χ4n) is 3.14. The molecule has 5 heteroatoms. The Morgan fingerprint density at radius 1 is 1.12 bits per heavy atom. The van der Waals surface area contributed by atoms with E-state index < -0.39 is 0 Å². The van der Waals surface area contributed by atoms with Gasteiger partial charge in [0.1, 0.15) is 0 Å². The van der Waals surface area contributed by atoms with E-state index in [4.69, 9.17) is 0 Å². The molecule has 0 unspecified atom stereocenters. The highest BCUT2D eigenvalue weighted by Crippen LogP contribution is 2.27. The van der Waals surface area contributed by atoms with Crippen molar-refractivity contribution in [1.29, 1.82) is 0 Å². The van der Waals surface area contributed by atoms with Crippen LogP contribution >= 0.6 is 0 Å². The Kier molecular flexibility index (Phi) is 3.54. The SMILES string of the molecule is O=C(NCC(=O)N1CCc2ccccc21)c1ccc2cc[nH]c2c1. The highest BCUT2D eigenvalue weighted by Gasteiger charge is 2.24. The lowest BCUT2D eigenvalue weighted by atomic mass is 10.1. The third-order valence-electron chi connectivity index (χ3n) is 4.41. The lowest BCUT2D eigenvalue weighted by Crippen LogP contribution is -2.39. The number of aromatic nitrogens is 1. The number of nitrogens with zero attached hydrogens (tertiary/aromatic N) is 1. The molecule has 0 aliphatic carbocycles. The molecule has 4 rings (SSSR count). The summed E-state index contributed by atoms with van der Waals surface area (Å²) >= 11 is 0. The molecular formula is C19H17N3O2. The van der Waals surface area contributed by atoms with Crippen LogP contribution in [0.2, 0.25) is 0 Å². The van der Waals surface area contributed by atoms with Gasteiger partial charge in [-0.1, -0.05) is 24.3 Å². The van der Waals surface area contributed by atoms with Gasteiger partial charge in [0.15, 0.2) is 0 Å². The number of carbonyl (C=O) groups excluding carboxylic acids is 2. The van der Waals surface area contributed by atoms with Crippen LogP contribution in [0, 0.1) is 0 Å². The molecule has 3 aromatic rings. The minimum absolute atomic E-state index is 0.00404. The van der Waals surface area contributed by atoms with Crippen LogP contribution in [0.5, 0.6) is 0 Å². The van der Waals surface area contributed by atoms with Crippen molar-refractivity contribution in [2.24, 2.45) is 0 Å². The Labute approximate surface area is 139 Å². The zero-order valence-electron chi connectivity index (χ0n) is 13.1. The second kappa shape index (κ2) is 5.85. The average molecular weight is 319 g/mol. The van der Waals surface area contributed by atoms with E-state index in [-0.39, 0.29) is 18.4 Å². The van der Waals surface area contributed by atoms with Gasteiger partial charge in [0.05, 0.1) is 6.54 Å². The number of carbonyl (C=O) groups is 2. The number of rotatable bonds is 3. The van der Waals surface area contributed by atoms with Crippen molar-refractivity contribution in [3.8, 4) is 0 Å². The normalized spacial score (nSPS) is 13.1. The first-order valence-electron chi connectivity index (χ1n) is 7.96. The summed E-state index contributed by atoms with van der Waals surface area (Å²) in [6.07, 6.45) is 2.69. The first-order chi connectivity index (χ1) is 11.7. The van der Waals surface area contributed by atoms with E-state index in [1.807, 2.05) is 42.6 Å². The van der Waals surface area contributed by atoms with Crippen LogP contribution in [0.15, 0.2) is 54.7 Å². The predicted octanol–water partition coefficient (Wildman–Crippen LogP) is 2.49. The second-order valence-electron chi connectivity index (χ2n) is 5.89. The first-order valence-corrected chi connectivity index (χ1v) is 7.96. The van der Waals surface area contributed by atoms with Crippen molar-refractivity contribution < 1.29 is 9.59 Å². The van der Waals surface area contributed by atoms with Crippen molar-refractivity contribution in [2.45, 2.75) is 6.42 Å². The molecule has 5 nitrogen and oxygen atoms in total. The van der Waals surface area contributed by atoms with E-state index in [0.29, 0.717) is 12.1 Å². The maximum Gasteiger partial charge on any atom is 0.251 e. The van der Waals surface area contributed by atoms with Gasteiger partial charge in [-0.2, -0.15) is 0 Å². The number of anilines is 1. The molecule has 0 saturated heterocycles. The zero-order valence-corrected chi connectivity index (χ0v) is 13.1. The number of amides is 2. The van der Waals surface area contributed by atoms with Crippen LogP contribution in [-0.4, -0.2) is 29.9 Å². The summed E-state index contributed by atoms with van der Waals surface area (Å²) in [4.78, 5) is 29.5. The lowest BCUT2D eigenvalue weighted by molar-refractivity contribution is -0.117. The van der Waals surface area contributed by atoms with Crippen LogP contribution in [0.1, 0.15) is 15.9 Å². The summed E-state index contributed by atoms with van der Waals surface area (Å²) in [7, 11) is 0. The minimum Gasteiger partial charge on any atom is -0.361 e. The van der Waals surface area contributed by atoms with Gasteiger partial charge in [0, 0.05) is 29.5 Å². The Morgan fingerprint density at radius 3 is 2.92 bits per heavy atom. The average Bonchev–Trinajstić information content (AvgIpc) is 3.25. The minimum atomic E-state index is -0.243. The molecule has 2 aromatic carbocycles. The summed E-state index contributed by atoms with van der Waals surface area (Å²) in [6.45, 7) is 0.665. The monoisotopic (exact) mass is 319 g/mol. The van der Waals surface area contributed by atoms with Gasteiger partial charge in [0.2, 0.25) is 5.91 Å². The van der Waals surface area contributed by atoms with E-state index in [2.05, 4.69) is 10.3 Å². The van der Waals surface area contributed by atoms with Gasteiger partial charge in [-0.15, -0.1) is 0 Å². The number of para-hydroxylation sites is 1. The molecule has 0 radical (unpaired) electrons. The Bertz CT molecular complexity index is 929. The third kappa shape index (κ3) is 2.54. The van der Waals surface area contributed by atoms with Crippen LogP contribution in [-0.2, 0) is 11.2 Å². The van der Waals surface area contributed by atoms with Crippen LogP contribution in [0.4, 0.5) is 5.69 Å². The maximum absolute atomic E-state index is 12.4. The number of hydrogen-bond acceptors (Lipinski definition) is 2. The van der Waals surface area contributed by atoms with Gasteiger partial charge in [-0.25, -0.2) is 0 Å². The topological polar surface area (TPSA) is 65.2 Å². The van der Waals surface area contributed by atoms with Gasteiger partial charge in [0.25, 0.3) is 5.91 Å². The summed E-state index contributed by atoms with van der Waals surface area (Å²) < 4.78 is 0. The first kappa shape index (κ1) is 14.5. The number of fused-ring (bicyclic) bond motifs is 2. The molecule has 2 heterocycles. The van der Waals surface area contributed by atoms with Gasteiger partial charge >= 0.3 is 0 Å². The Hall–Kier alpha value is -3.08. The number of hydrogen-bond donors (Lipinski definition) is 2.